The van der Waals surface area contributed by atoms with E-state index in [-0.39, 0.29) is 23.5 Å². The maximum absolute atomic E-state index is 12.5. The molecule has 1 aliphatic rings. The number of ether oxygens (including phenoxy) is 2. The first-order valence-electron chi connectivity index (χ1n) is 8.86. The van der Waals surface area contributed by atoms with E-state index in [1.807, 2.05) is 13.8 Å². The summed E-state index contributed by atoms with van der Waals surface area (Å²) in [4.78, 5) is 26.5. The Morgan fingerprint density at radius 2 is 2.00 bits per heavy atom. The molecule has 0 spiro atoms. The van der Waals surface area contributed by atoms with Gasteiger partial charge in [-0.2, -0.15) is 4.39 Å². The van der Waals surface area contributed by atoms with E-state index < -0.39 is 23.7 Å². The lowest BCUT2D eigenvalue weighted by Crippen LogP contribution is -2.27. The number of nitrogens with zero attached hydrogens (tertiary/aromatic N) is 1. The SMILES string of the molecule is CC1C[C@H](C(=O)Nc2ccnc(C(=O)O)c2)OC1C.COc1cccc(F)c1F. The Bertz CT molecular complexity index is 868. The topological polar surface area (TPSA) is 97.8 Å². The van der Waals surface area contributed by atoms with Crippen molar-refractivity contribution in [3.05, 3.63) is 53.9 Å². The number of anilines is 1. The molecule has 1 aliphatic heterocycles. The number of hydrogen-bond donors (Lipinski definition) is 2. The number of carboxylic acids is 1. The third kappa shape index (κ3) is 5.95. The van der Waals surface area contributed by atoms with Crippen molar-refractivity contribution in [3.63, 3.8) is 0 Å². The van der Waals surface area contributed by atoms with Gasteiger partial charge in [0, 0.05) is 11.9 Å². The number of hydrogen-bond acceptors (Lipinski definition) is 5. The molecular formula is C20H22F2N2O5. The van der Waals surface area contributed by atoms with Crippen molar-refractivity contribution in [1.82, 2.24) is 4.98 Å². The van der Waals surface area contributed by atoms with E-state index in [0.29, 0.717) is 18.0 Å². The van der Waals surface area contributed by atoms with Crippen molar-refractivity contribution in [1.29, 1.82) is 0 Å². The van der Waals surface area contributed by atoms with Crippen molar-refractivity contribution in [2.24, 2.45) is 5.92 Å². The average Bonchev–Trinajstić information content (AvgIpc) is 3.03. The second kappa shape index (κ2) is 9.92. The molecule has 156 valence electrons. The molecular weight excluding hydrogens is 386 g/mol. The third-order valence-electron chi connectivity index (χ3n) is 4.44. The number of benzene rings is 1. The maximum Gasteiger partial charge on any atom is 0.354 e. The van der Waals surface area contributed by atoms with Crippen LogP contribution in [0.1, 0.15) is 30.8 Å². The molecule has 1 aromatic carbocycles. The fourth-order valence-electron chi connectivity index (χ4n) is 2.64. The molecule has 3 rings (SSSR count). The molecule has 1 amide bonds. The van der Waals surface area contributed by atoms with E-state index >= 15 is 0 Å². The molecule has 3 atom stereocenters. The molecule has 1 aromatic heterocycles. The van der Waals surface area contributed by atoms with Crippen molar-refractivity contribution in [3.8, 4) is 5.75 Å². The summed E-state index contributed by atoms with van der Waals surface area (Å²) < 4.78 is 34.9. The largest absolute Gasteiger partial charge is 0.494 e. The van der Waals surface area contributed by atoms with E-state index in [0.717, 1.165) is 6.07 Å². The Hall–Kier alpha value is -3.07. The van der Waals surface area contributed by atoms with E-state index in [2.05, 4.69) is 15.0 Å². The van der Waals surface area contributed by atoms with Gasteiger partial charge in [-0.3, -0.25) is 4.79 Å². The van der Waals surface area contributed by atoms with Gasteiger partial charge in [0.25, 0.3) is 5.91 Å². The Morgan fingerprint density at radius 1 is 1.28 bits per heavy atom. The first kappa shape index (κ1) is 22.2. The van der Waals surface area contributed by atoms with Crippen molar-refractivity contribution in [2.45, 2.75) is 32.5 Å². The minimum Gasteiger partial charge on any atom is -0.494 e. The van der Waals surface area contributed by atoms with Gasteiger partial charge in [0.05, 0.1) is 13.2 Å². The molecule has 1 fully saturated rings. The molecule has 2 aromatic rings. The lowest BCUT2D eigenvalue weighted by molar-refractivity contribution is -0.126. The van der Waals surface area contributed by atoms with Crippen LogP contribution >= 0.6 is 0 Å². The highest BCUT2D eigenvalue weighted by Crippen LogP contribution is 2.26. The summed E-state index contributed by atoms with van der Waals surface area (Å²) >= 11 is 0. The predicted molar refractivity (Wildman–Crippen MR) is 101 cm³/mol. The van der Waals surface area contributed by atoms with E-state index in [1.165, 1.54) is 31.5 Å². The van der Waals surface area contributed by atoms with Crippen LogP contribution in [0.4, 0.5) is 14.5 Å². The van der Waals surface area contributed by atoms with Gasteiger partial charge in [-0.1, -0.05) is 13.0 Å². The zero-order chi connectivity index (χ0) is 21.6. The second-order valence-corrected chi connectivity index (χ2v) is 6.52. The highest BCUT2D eigenvalue weighted by molar-refractivity contribution is 5.95. The highest BCUT2D eigenvalue weighted by Gasteiger charge is 2.33. The number of carbonyl (C=O) groups is 2. The molecule has 2 unspecified atom stereocenters. The number of amides is 1. The smallest absolute Gasteiger partial charge is 0.354 e. The highest BCUT2D eigenvalue weighted by atomic mass is 19.2. The molecule has 9 heteroatoms. The molecule has 29 heavy (non-hydrogen) atoms. The minimum absolute atomic E-state index is 0.0581. The fourth-order valence-corrected chi connectivity index (χ4v) is 2.64. The van der Waals surface area contributed by atoms with Crippen LogP contribution in [-0.2, 0) is 9.53 Å². The van der Waals surface area contributed by atoms with Gasteiger partial charge in [0.1, 0.15) is 11.8 Å². The number of halogens is 2. The fraction of sp³-hybridized carbons (Fsp3) is 0.350. The average molecular weight is 408 g/mol. The summed E-state index contributed by atoms with van der Waals surface area (Å²) in [6, 6.07) is 6.65. The van der Waals surface area contributed by atoms with Crippen molar-refractivity contribution < 1.29 is 33.0 Å². The number of carbonyl (C=O) groups excluding carboxylic acids is 1. The Labute approximate surface area is 166 Å². The Kier molecular flexibility index (Phi) is 7.60. The number of methoxy groups -OCH3 is 1. The summed E-state index contributed by atoms with van der Waals surface area (Å²) in [5, 5.41) is 11.5. The lowest BCUT2D eigenvalue weighted by atomic mass is 10.0. The van der Waals surface area contributed by atoms with Gasteiger partial charge < -0.3 is 19.9 Å². The number of nitrogens with one attached hydrogen (secondary N) is 1. The zero-order valence-corrected chi connectivity index (χ0v) is 16.2. The van der Waals surface area contributed by atoms with Gasteiger partial charge in [-0.15, -0.1) is 0 Å². The van der Waals surface area contributed by atoms with Crippen LogP contribution < -0.4 is 10.1 Å². The van der Waals surface area contributed by atoms with Gasteiger partial charge >= 0.3 is 5.97 Å². The summed E-state index contributed by atoms with van der Waals surface area (Å²) in [5.74, 6) is -2.94. The van der Waals surface area contributed by atoms with Gasteiger partial charge in [-0.05, 0) is 43.5 Å². The zero-order valence-electron chi connectivity index (χ0n) is 16.2. The molecule has 0 bridgehead atoms. The van der Waals surface area contributed by atoms with Crippen molar-refractivity contribution in [2.75, 3.05) is 12.4 Å². The third-order valence-corrected chi connectivity index (χ3v) is 4.44. The Morgan fingerprint density at radius 3 is 2.55 bits per heavy atom. The maximum atomic E-state index is 12.5. The number of aromatic nitrogens is 1. The summed E-state index contributed by atoms with van der Waals surface area (Å²) in [5.41, 5.74) is 0.306. The number of rotatable bonds is 4. The standard InChI is InChI=1S/C13H16N2O4.C7H6F2O/c1-7-5-11(19-8(7)2)12(16)15-9-3-4-14-10(6-9)13(17)18;1-10-6-4-2-3-5(8)7(6)9/h3-4,6-8,11H,5H2,1-2H3,(H,17,18)(H,14,15,16);2-4H,1H3/t7?,8?,11-;/m1./s1. The summed E-state index contributed by atoms with van der Waals surface area (Å²) in [7, 11) is 1.29. The summed E-state index contributed by atoms with van der Waals surface area (Å²) in [6.45, 7) is 3.97. The molecule has 1 saturated heterocycles. The second-order valence-electron chi connectivity index (χ2n) is 6.52. The molecule has 0 aliphatic carbocycles. The molecule has 0 saturated carbocycles. The monoisotopic (exact) mass is 408 g/mol. The quantitative estimate of drug-likeness (QED) is 0.804. The van der Waals surface area contributed by atoms with Crippen LogP contribution in [0.5, 0.6) is 5.75 Å². The summed E-state index contributed by atoms with van der Waals surface area (Å²) in [6.07, 6.45) is 1.60. The van der Waals surface area contributed by atoms with E-state index in [4.69, 9.17) is 9.84 Å². The first-order chi connectivity index (χ1) is 13.7. The van der Waals surface area contributed by atoms with E-state index in [1.54, 1.807) is 6.07 Å². The van der Waals surface area contributed by atoms with Gasteiger partial charge in [-0.25, -0.2) is 14.2 Å². The van der Waals surface area contributed by atoms with Crippen LogP contribution in [0.3, 0.4) is 0 Å². The van der Waals surface area contributed by atoms with Crippen LogP contribution in [-0.4, -0.2) is 41.3 Å². The van der Waals surface area contributed by atoms with Crippen LogP contribution in [0.2, 0.25) is 0 Å². The number of pyridine rings is 1. The van der Waals surface area contributed by atoms with Crippen LogP contribution in [0.25, 0.3) is 0 Å². The van der Waals surface area contributed by atoms with Crippen LogP contribution in [0, 0.1) is 17.6 Å². The number of aromatic carboxylic acids is 1. The van der Waals surface area contributed by atoms with Crippen LogP contribution in [0.15, 0.2) is 36.5 Å². The number of carboxylic acid groups (broad SMARTS) is 1. The molecule has 7 nitrogen and oxygen atoms in total. The normalized spacial score (nSPS) is 20.4. The molecule has 2 N–H and O–H groups in total. The first-order valence-corrected chi connectivity index (χ1v) is 8.86. The lowest BCUT2D eigenvalue weighted by Gasteiger charge is -2.11. The predicted octanol–water partition coefficient (Wildman–Crippen LogP) is 3.51. The van der Waals surface area contributed by atoms with Gasteiger partial charge in [0.15, 0.2) is 11.6 Å². The Balaban J connectivity index is 0.000000253. The molecule has 0 radical (unpaired) electrons. The van der Waals surface area contributed by atoms with E-state index in [9.17, 15) is 18.4 Å². The van der Waals surface area contributed by atoms with Gasteiger partial charge in [0.2, 0.25) is 5.82 Å². The molecule has 2 heterocycles. The minimum atomic E-state index is -1.13. The van der Waals surface area contributed by atoms with Crippen molar-refractivity contribution >= 4 is 17.6 Å².